The van der Waals surface area contributed by atoms with E-state index in [0.717, 1.165) is 43.5 Å². The van der Waals surface area contributed by atoms with E-state index in [1.807, 2.05) is 31.4 Å². The molecule has 1 fully saturated rings. The molecule has 11 nitrogen and oxygen atoms in total. The number of aromatic nitrogens is 5. The molecule has 1 atom stereocenters. The molecule has 13 heteroatoms. The van der Waals surface area contributed by atoms with Gasteiger partial charge >= 0.3 is 6.09 Å². The highest BCUT2D eigenvalue weighted by Gasteiger charge is 2.28. The van der Waals surface area contributed by atoms with Gasteiger partial charge in [0.2, 0.25) is 5.95 Å². The van der Waals surface area contributed by atoms with Crippen LogP contribution in [0.15, 0.2) is 36.7 Å². The van der Waals surface area contributed by atoms with Crippen molar-refractivity contribution in [3.63, 3.8) is 0 Å². The summed E-state index contributed by atoms with van der Waals surface area (Å²) in [6, 6.07) is 6.76. The Labute approximate surface area is 254 Å². The van der Waals surface area contributed by atoms with Crippen molar-refractivity contribution in [2.24, 2.45) is 0 Å². The monoisotopic (exact) mass is 606 g/mol. The number of hydrogen-bond acceptors (Lipinski definition) is 9. The summed E-state index contributed by atoms with van der Waals surface area (Å²) in [7, 11) is 1.63. The van der Waals surface area contributed by atoms with Gasteiger partial charge in [0.15, 0.2) is 11.6 Å². The first-order chi connectivity index (χ1) is 21.1. The lowest BCUT2D eigenvalue weighted by molar-refractivity contribution is 0.0139. The third-order valence-electron chi connectivity index (χ3n) is 7.76. The minimum absolute atomic E-state index is 0.0257. The number of piperazine rings is 1. The van der Waals surface area contributed by atoms with Crippen molar-refractivity contribution < 1.29 is 23.0 Å². The van der Waals surface area contributed by atoms with Gasteiger partial charge in [0.05, 0.1) is 24.4 Å². The number of benzene rings is 1. The molecule has 3 aromatic heterocycles. The molecule has 1 N–H and O–H groups in total. The lowest BCUT2D eigenvalue weighted by Crippen LogP contribution is -2.49. The van der Waals surface area contributed by atoms with E-state index in [0.29, 0.717) is 43.1 Å². The van der Waals surface area contributed by atoms with Crippen molar-refractivity contribution >= 4 is 28.9 Å². The van der Waals surface area contributed by atoms with Gasteiger partial charge in [-0.3, -0.25) is 4.90 Å². The van der Waals surface area contributed by atoms with Crippen molar-refractivity contribution in [1.29, 1.82) is 0 Å². The van der Waals surface area contributed by atoms with Gasteiger partial charge in [0.25, 0.3) is 0 Å². The zero-order valence-electron chi connectivity index (χ0n) is 25.3. The van der Waals surface area contributed by atoms with E-state index >= 15 is 4.39 Å². The van der Waals surface area contributed by atoms with Gasteiger partial charge in [-0.15, -0.1) is 0 Å². The summed E-state index contributed by atoms with van der Waals surface area (Å²) >= 11 is 0. The molecule has 0 unspecified atom stereocenters. The molecule has 0 radical (unpaired) electrons. The molecule has 2 aliphatic rings. The Kier molecular flexibility index (Phi) is 8.16. The zero-order valence-corrected chi connectivity index (χ0v) is 25.3. The number of methoxy groups -OCH3 is 1. The van der Waals surface area contributed by atoms with Gasteiger partial charge < -0.3 is 24.3 Å². The Morgan fingerprint density at radius 3 is 2.55 bits per heavy atom. The standard InChI is InChI=1S/C31H36F2N8O3/c1-31(2,3)44-30(42)40-11-9-39(10-12-40)17-19-5-7-25(34-15-19)36-29-35-16-23(33)27(38-29)20-13-22(32)28-24(14-20)41-21(18-43-4)6-8-26(41)37-28/h5,7,13-16,21H,6,8-12,17-18H2,1-4H3,(H,34,35,36,38)/t21-/m0/s1. The fourth-order valence-corrected chi connectivity index (χ4v) is 5.71. The topological polar surface area (TPSA) is 111 Å². The Balaban J connectivity index is 1.13. The summed E-state index contributed by atoms with van der Waals surface area (Å²) in [5.41, 5.74) is 1.60. The normalized spacial score (nSPS) is 17.2. The van der Waals surface area contributed by atoms with Gasteiger partial charge in [0, 0.05) is 58.0 Å². The summed E-state index contributed by atoms with van der Waals surface area (Å²) in [5.74, 6) is 0.210. The van der Waals surface area contributed by atoms with Crippen molar-refractivity contribution in [2.75, 3.05) is 45.2 Å². The number of pyridine rings is 1. The van der Waals surface area contributed by atoms with Gasteiger partial charge in [-0.25, -0.2) is 33.5 Å². The third kappa shape index (κ3) is 6.34. The molecule has 0 saturated carbocycles. The number of nitrogens with one attached hydrogen (secondary N) is 1. The van der Waals surface area contributed by atoms with Gasteiger partial charge in [-0.1, -0.05) is 6.07 Å². The number of anilines is 2. The maximum Gasteiger partial charge on any atom is 0.410 e. The number of fused-ring (bicyclic) bond motifs is 3. The maximum absolute atomic E-state index is 15.2. The number of imidazole rings is 1. The van der Waals surface area contributed by atoms with E-state index in [-0.39, 0.29) is 29.3 Å². The predicted molar refractivity (Wildman–Crippen MR) is 161 cm³/mol. The number of amides is 1. The number of carbonyl (C=O) groups excluding carboxylic acids is 1. The van der Waals surface area contributed by atoms with Gasteiger partial charge in [-0.2, -0.15) is 0 Å². The molecule has 4 aromatic rings. The lowest BCUT2D eigenvalue weighted by atomic mass is 10.1. The lowest BCUT2D eigenvalue weighted by Gasteiger charge is -2.35. The van der Waals surface area contributed by atoms with E-state index in [2.05, 4.69) is 30.2 Å². The second-order valence-corrected chi connectivity index (χ2v) is 12.2. The number of carbonyl (C=O) groups is 1. The van der Waals surface area contributed by atoms with E-state index < -0.39 is 17.2 Å². The van der Waals surface area contributed by atoms with Crippen LogP contribution in [-0.2, 0) is 22.4 Å². The number of halogens is 2. The Hall–Kier alpha value is -4.23. The second-order valence-electron chi connectivity index (χ2n) is 12.2. The average Bonchev–Trinajstić information content (AvgIpc) is 3.55. The largest absolute Gasteiger partial charge is 0.444 e. The minimum atomic E-state index is -0.668. The molecular formula is C31H36F2N8O3. The summed E-state index contributed by atoms with van der Waals surface area (Å²) < 4.78 is 43.0. The van der Waals surface area contributed by atoms with Crippen LogP contribution < -0.4 is 5.32 Å². The molecule has 5 heterocycles. The van der Waals surface area contributed by atoms with Crippen LogP contribution >= 0.6 is 0 Å². The van der Waals surface area contributed by atoms with Gasteiger partial charge in [0.1, 0.15) is 28.5 Å². The summed E-state index contributed by atoms with van der Waals surface area (Å²) in [4.78, 5) is 33.7. The van der Waals surface area contributed by atoms with Crippen LogP contribution in [0.1, 0.15) is 44.6 Å². The molecule has 232 valence electrons. The minimum Gasteiger partial charge on any atom is -0.444 e. The van der Waals surface area contributed by atoms with Crippen LogP contribution in [0.4, 0.5) is 25.3 Å². The second kappa shape index (κ2) is 12.0. The first kappa shape index (κ1) is 29.8. The van der Waals surface area contributed by atoms with Crippen LogP contribution in [0.3, 0.4) is 0 Å². The average molecular weight is 607 g/mol. The summed E-state index contributed by atoms with van der Waals surface area (Å²) in [6.07, 6.45) is 4.11. The van der Waals surface area contributed by atoms with Crippen molar-refractivity contribution in [3.05, 3.63) is 59.7 Å². The van der Waals surface area contributed by atoms with E-state index in [9.17, 15) is 9.18 Å². The molecule has 44 heavy (non-hydrogen) atoms. The summed E-state index contributed by atoms with van der Waals surface area (Å²) in [5, 5.41) is 3.02. The fourth-order valence-electron chi connectivity index (χ4n) is 5.71. The smallest absolute Gasteiger partial charge is 0.410 e. The Bertz CT molecular complexity index is 1660. The van der Waals surface area contributed by atoms with Crippen LogP contribution in [0.2, 0.25) is 0 Å². The van der Waals surface area contributed by atoms with Gasteiger partial charge in [-0.05, 0) is 51.0 Å². The molecule has 0 bridgehead atoms. The maximum atomic E-state index is 15.2. The number of aryl methyl sites for hydroxylation is 1. The molecule has 1 amide bonds. The Morgan fingerprint density at radius 2 is 1.84 bits per heavy atom. The van der Waals surface area contributed by atoms with E-state index in [1.165, 1.54) is 6.07 Å². The fraction of sp³-hybridized carbons (Fsp3) is 0.452. The van der Waals surface area contributed by atoms with Crippen LogP contribution in [0.5, 0.6) is 0 Å². The van der Waals surface area contributed by atoms with Crippen LogP contribution in [0, 0.1) is 11.6 Å². The molecule has 6 rings (SSSR count). The summed E-state index contributed by atoms with van der Waals surface area (Å²) in [6.45, 7) is 9.40. The molecular weight excluding hydrogens is 570 g/mol. The zero-order chi connectivity index (χ0) is 31.0. The van der Waals surface area contributed by atoms with E-state index in [1.54, 1.807) is 30.3 Å². The van der Waals surface area contributed by atoms with Crippen molar-refractivity contribution in [3.8, 4) is 11.3 Å². The first-order valence-corrected chi connectivity index (χ1v) is 14.7. The number of ether oxygens (including phenoxy) is 2. The molecule has 2 aliphatic heterocycles. The van der Waals surface area contributed by atoms with Crippen molar-refractivity contribution in [2.45, 2.75) is 51.8 Å². The van der Waals surface area contributed by atoms with E-state index in [4.69, 9.17) is 9.47 Å². The highest BCUT2D eigenvalue weighted by molar-refractivity contribution is 5.83. The molecule has 0 aliphatic carbocycles. The van der Waals surface area contributed by atoms with Crippen LogP contribution in [0.25, 0.3) is 22.3 Å². The van der Waals surface area contributed by atoms with Crippen LogP contribution in [-0.4, -0.2) is 85.9 Å². The number of nitrogens with zero attached hydrogens (tertiary/aromatic N) is 7. The SMILES string of the molecule is COC[C@@H]1CCc2nc3c(F)cc(-c4nc(Nc5ccc(CN6CCN(C(=O)OC(C)(C)C)CC6)cn5)ncc4F)cc3n21. The predicted octanol–water partition coefficient (Wildman–Crippen LogP) is 5.10. The molecule has 1 saturated heterocycles. The quantitative estimate of drug-likeness (QED) is 0.307. The Morgan fingerprint density at radius 1 is 1.05 bits per heavy atom. The highest BCUT2D eigenvalue weighted by atomic mass is 19.1. The number of rotatable bonds is 7. The molecule has 0 spiro atoms. The highest BCUT2D eigenvalue weighted by Crippen LogP contribution is 2.35. The number of hydrogen-bond donors (Lipinski definition) is 1. The molecule has 1 aromatic carbocycles. The first-order valence-electron chi connectivity index (χ1n) is 14.7. The third-order valence-corrected chi connectivity index (χ3v) is 7.76. The van der Waals surface area contributed by atoms with Crippen molar-refractivity contribution in [1.82, 2.24) is 34.3 Å².